The quantitative estimate of drug-likeness (QED) is 0.0283. The Morgan fingerprint density at radius 1 is 0.510 bits per heavy atom. The number of nitrogens with one attached hydrogen (secondary N) is 6. The lowest BCUT2D eigenvalue weighted by Crippen LogP contribution is -2.58. The van der Waals surface area contributed by atoms with E-state index in [9.17, 15) is 33.6 Å². The summed E-state index contributed by atoms with van der Waals surface area (Å²) in [6.45, 7) is 17.4. The van der Waals surface area contributed by atoms with Gasteiger partial charge in [-0.2, -0.15) is 0 Å². The van der Waals surface area contributed by atoms with Gasteiger partial charge in [-0.3, -0.25) is 38.4 Å². The van der Waals surface area contributed by atoms with E-state index in [1.807, 2.05) is 182 Å². The molecule has 506 valence electrons. The highest BCUT2D eigenvalue weighted by molar-refractivity contribution is 5.99. The fraction of sp³-hybridized carbons (Fsp3) is 0.410. The summed E-state index contributed by atoms with van der Waals surface area (Å²) in [5.41, 5.74) is 2.48. The van der Waals surface area contributed by atoms with Gasteiger partial charge in [0.15, 0.2) is 0 Å². The van der Waals surface area contributed by atoms with Gasteiger partial charge in [-0.25, -0.2) is 0 Å². The van der Waals surface area contributed by atoms with Crippen LogP contribution < -0.4 is 31.9 Å². The van der Waals surface area contributed by atoms with Crippen LogP contribution in [0.15, 0.2) is 170 Å². The van der Waals surface area contributed by atoms with Crippen LogP contribution in [-0.2, 0) is 51.5 Å². The maximum atomic E-state index is 15.0. The number of hydrogen-bond acceptors (Lipinski definition) is 11. The Kier molecular flexibility index (Phi) is 23.8. The maximum Gasteiger partial charge on any atom is 0.251 e. The van der Waals surface area contributed by atoms with Crippen LogP contribution in [0.5, 0.6) is 0 Å². The van der Waals surface area contributed by atoms with E-state index in [0.717, 1.165) is 43.8 Å². The Morgan fingerprint density at radius 3 is 1.33 bits per heavy atom. The van der Waals surface area contributed by atoms with Gasteiger partial charge < -0.3 is 51.2 Å². The second-order valence-electron chi connectivity index (χ2n) is 28.0. The molecule has 0 bridgehead atoms. The second kappa shape index (κ2) is 32.1. The first-order valence-electron chi connectivity index (χ1n) is 33.5. The molecule has 2 heterocycles. The molecule has 18 heteroatoms. The lowest BCUT2D eigenvalue weighted by atomic mass is 9.76. The van der Waals surface area contributed by atoms with E-state index in [4.69, 9.17) is 9.47 Å². The van der Waals surface area contributed by atoms with Crippen LogP contribution in [0.4, 0.5) is 0 Å². The van der Waals surface area contributed by atoms with E-state index in [0.29, 0.717) is 6.42 Å². The van der Waals surface area contributed by atoms with E-state index in [2.05, 4.69) is 44.0 Å². The minimum Gasteiger partial charge on any atom is -0.374 e. The Bertz CT molecular complexity index is 3620. The molecule has 9 rings (SSSR count). The molecular weight excluding hydrogens is 1210 g/mol. The van der Waals surface area contributed by atoms with Crippen molar-refractivity contribution >= 4 is 68.7 Å². The highest BCUT2D eigenvalue weighted by Crippen LogP contribution is 2.35. The van der Waals surface area contributed by atoms with Gasteiger partial charge in [0.05, 0.1) is 44.6 Å². The molecule has 7 aromatic rings. The summed E-state index contributed by atoms with van der Waals surface area (Å²) in [7, 11) is 1.69. The molecule has 0 radical (unpaired) electrons. The maximum absolute atomic E-state index is 15.0. The molecule has 6 N–H and O–H groups in total. The molecule has 18 nitrogen and oxygen atoms in total. The normalized spacial score (nSPS) is 18.4. The number of ketones is 1. The average molecular weight is 1300 g/mol. The molecule has 7 aromatic carbocycles. The summed E-state index contributed by atoms with van der Waals surface area (Å²) in [4.78, 5) is 118. The van der Waals surface area contributed by atoms with Crippen molar-refractivity contribution in [3.63, 3.8) is 0 Å². The van der Waals surface area contributed by atoms with Gasteiger partial charge in [-0.1, -0.05) is 189 Å². The summed E-state index contributed by atoms with van der Waals surface area (Å²) < 4.78 is 12.6. The van der Waals surface area contributed by atoms with Gasteiger partial charge in [0.1, 0.15) is 23.9 Å². The van der Waals surface area contributed by atoms with Crippen molar-refractivity contribution in [2.75, 3.05) is 33.4 Å². The van der Waals surface area contributed by atoms with Gasteiger partial charge in [0, 0.05) is 54.6 Å². The number of hydrogen-bond donors (Lipinski definition) is 6. The fourth-order valence-corrected chi connectivity index (χ4v) is 12.6. The van der Waals surface area contributed by atoms with E-state index >= 15 is 4.79 Å². The van der Waals surface area contributed by atoms with Crippen molar-refractivity contribution in [3.8, 4) is 0 Å². The van der Waals surface area contributed by atoms with E-state index in [1.54, 1.807) is 20.9 Å². The van der Waals surface area contributed by atoms with Crippen molar-refractivity contribution in [1.29, 1.82) is 0 Å². The molecule has 7 amide bonds. The number of amides is 7. The lowest BCUT2D eigenvalue weighted by molar-refractivity contribution is -0.146. The minimum absolute atomic E-state index is 0.0204. The molecule has 10 atom stereocenters. The zero-order valence-electron chi connectivity index (χ0n) is 57.0. The number of carbonyl (C=O) groups excluding carboxylic acids is 8. The molecule has 0 spiro atoms. The average Bonchev–Trinajstić information content (AvgIpc) is 1.78. The van der Waals surface area contributed by atoms with Crippen LogP contribution in [0.3, 0.4) is 0 Å². The van der Waals surface area contributed by atoms with Crippen LogP contribution in [0.25, 0.3) is 21.5 Å². The number of ether oxygens (including phenoxy) is 2. The summed E-state index contributed by atoms with van der Waals surface area (Å²) >= 11 is 0. The van der Waals surface area contributed by atoms with Gasteiger partial charge in [-0.05, 0) is 124 Å². The molecule has 0 saturated carbocycles. The summed E-state index contributed by atoms with van der Waals surface area (Å²) in [5.74, 6) is -4.37. The number of nitrogens with zero attached hydrogens (tertiary/aromatic N) is 2. The largest absolute Gasteiger partial charge is 0.374 e. The molecule has 2 saturated heterocycles. The molecule has 0 unspecified atom stereocenters. The van der Waals surface area contributed by atoms with Gasteiger partial charge in [-0.15, -0.1) is 0 Å². The van der Waals surface area contributed by atoms with Crippen molar-refractivity contribution < 1.29 is 47.8 Å². The Hall–Kier alpha value is -9.10. The highest BCUT2D eigenvalue weighted by Gasteiger charge is 2.48. The lowest BCUT2D eigenvalue weighted by Gasteiger charge is -2.36. The standard InChI is InChI=1S/C78H94N8O10/c1-11-49(2)70(88)84-69(78(7,8)9)76(94)86-44-62(41-67(86)74(92)83-65(56-26-16-13-17-27-56)48-96-46-52-31-33-54-23-19-21-29-60(54)39-52)81-72(90)58-36-34-57(35-37-58)71(89)80-61-40-66(85(43-61)75(93)63(77(4,5)6)42-68(87)50(3)79-10)73(91)82-64(55-24-14-12-15-25-55)47-95-45-51-30-32-53-22-18-20-28-59(53)38-51/h12-39,49-50,61-67,69,79H,11,40-48H2,1-10H3,(H,80,89)(H,81,90)(H,82,91)(H,83,92)(H,84,88)/t49-,50+,61+,62+,63-,64-,65-,66+,67+,69-/m1/s1. The smallest absolute Gasteiger partial charge is 0.251 e. The zero-order chi connectivity index (χ0) is 68.8. The molecule has 2 fully saturated rings. The van der Waals surface area contributed by atoms with Crippen molar-refractivity contribution in [3.05, 3.63) is 203 Å². The Morgan fingerprint density at radius 2 is 0.927 bits per heavy atom. The summed E-state index contributed by atoms with van der Waals surface area (Å²) in [6, 6.07) is 47.1. The number of benzene rings is 7. The van der Waals surface area contributed by atoms with Crippen LogP contribution in [0, 0.1) is 22.7 Å². The first-order chi connectivity index (χ1) is 45.9. The number of fused-ring (bicyclic) bond motifs is 2. The van der Waals surface area contributed by atoms with Crippen LogP contribution in [-0.4, -0.2) is 127 Å². The van der Waals surface area contributed by atoms with E-state index in [-0.39, 0.29) is 93.4 Å². The fourth-order valence-electron chi connectivity index (χ4n) is 12.6. The molecule has 2 aliphatic heterocycles. The van der Waals surface area contributed by atoms with Gasteiger partial charge in [0.2, 0.25) is 29.5 Å². The molecular formula is C78H94N8O10. The number of likely N-dealkylation sites (N-methyl/N-ethyl adjacent to an activating group) is 1. The first kappa shape index (κ1) is 71.2. The second-order valence-corrected chi connectivity index (χ2v) is 28.0. The topological polar surface area (TPSA) is 234 Å². The minimum atomic E-state index is -1.06. The third-order valence-corrected chi connectivity index (χ3v) is 18.7. The van der Waals surface area contributed by atoms with E-state index < -0.39 is 94.6 Å². The van der Waals surface area contributed by atoms with Crippen LogP contribution in [0.1, 0.15) is 143 Å². The predicted molar refractivity (Wildman–Crippen MR) is 373 cm³/mol. The van der Waals surface area contributed by atoms with Gasteiger partial charge >= 0.3 is 0 Å². The number of likely N-dealkylation sites (tertiary alicyclic amines) is 2. The Labute approximate surface area is 564 Å². The van der Waals surface area contributed by atoms with Gasteiger partial charge in [0.25, 0.3) is 11.8 Å². The molecule has 0 aliphatic carbocycles. The third-order valence-electron chi connectivity index (χ3n) is 18.7. The molecule has 0 aromatic heterocycles. The number of Topliss-reactive ketones (excluding diaryl/α,β-unsaturated/α-hetero) is 1. The van der Waals surface area contributed by atoms with Crippen molar-refractivity contribution in [1.82, 2.24) is 41.7 Å². The molecule has 96 heavy (non-hydrogen) atoms. The van der Waals surface area contributed by atoms with E-state index in [1.165, 1.54) is 34.1 Å². The summed E-state index contributed by atoms with van der Waals surface area (Å²) in [5, 5.41) is 22.9. The number of carbonyl (C=O) groups is 8. The zero-order valence-corrected chi connectivity index (χ0v) is 57.0. The number of rotatable bonds is 27. The van der Waals surface area contributed by atoms with Crippen LogP contribution >= 0.6 is 0 Å². The predicted octanol–water partition coefficient (Wildman–Crippen LogP) is 10.3. The highest BCUT2D eigenvalue weighted by atomic mass is 16.5. The third kappa shape index (κ3) is 18.3. The van der Waals surface area contributed by atoms with Crippen molar-refractivity contribution in [2.24, 2.45) is 22.7 Å². The Balaban J connectivity index is 0.903. The van der Waals surface area contributed by atoms with Crippen LogP contribution in [0.2, 0.25) is 0 Å². The monoisotopic (exact) mass is 1300 g/mol. The van der Waals surface area contributed by atoms with Crippen molar-refractivity contribution in [2.45, 2.75) is 150 Å². The summed E-state index contributed by atoms with van der Waals surface area (Å²) in [6.07, 6.45) is 0.603. The first-order valence-corrected chi connectivity index (χ1v) is 33.5. The SMILES string of the molecule is CC[C@@H](C)C(=O)N[C@H](C(=O)N1C[C@@H](NC(=O)c2ccc(C(=O)N[C@H]3C[C@@H](C(=O)N[C@H](COCc4ccc5ccccc5c4)c4ccccc4)N(C(=O)[C@@H](CC(=O)[C@H](C)NC)C(C)(C)C)C3)cc2)C[C@H]1C(=O)N[C@H](COCc1ccc2ccccc2c1)c1ccccc1)C(C)(C)C. The molecule has 2 aliphatic rings.